The number of rotatable bonds is 0. The van der Waals surface area contributed by atoms with E-state index in [1.54, 1.807) is 0 Å². The van der Waals surface area contributed by atoms with Crippen LogP contribution in [-0.4, -0.2) is 58.0 Å². The van der Waals surface area contributed by atoms with Gasteiger partial charge in [-0.25, -0.2) is 0 Å². The molecular weight excluding hydrogens is 395 g/mol. The fraction of sp³-hybridized carbons (Fsp3) is 0. The zero-order valence-corrected chi connectivity index (χ0v) is 12.1. The second kappa shape index (κ2) is 11.5. The van der Waals surface area contributed by atoms with Crippen molar-refractivity contribution in [3.63, 3.8) is 0 Å². The summed E-state index contributed by atoms with van der Waals surface area (Å²) in [7, 11) is -15.0. The second-order valence-corrected chi connectivity index (χ2v) is 3.79. The van der Waals surface area contributed by atoms with Crippen molar-refractivity contribution < 1.29 is 84.2 Å². The van der Waals surface area contributed by atoms with Gasteiger partial charge < -0.3 is 23.7 Å². The molecule has 0 saturated heterocycles. The van der Waals surface area contributed by atoms with Crippen LogP contribution in [0.15, 0.2) is 0 Å². The minimum atomic E-state index is -5.17. The van der Waals surface area contributed by atoms with Gasteiger partial charge >= 0.3 is 10.4 Å². The van der Waals surface area contributed by atoms with E-state index in [2.05, 4.69) is 0 Å². The summed E-state index contributed by atoms with van der Waals surface area (Å²) >= 11 is 0. The van der Waals surface area contributed by atoms with E-state index < -0.39 is 31.2 Å². The first-order valence-electron chi connectivity index (χ1n) is 2.03. The summed E-state index contributed by atoms with van der Waals surface area (Å²) in [6.07, 6.45) is 0. The van der Waals surface area contributed by atoms with Crippen molar-refractivity contribution in [3.8, 4) is 0 Å². The summed E-state index contributed by atoms with van der Waals surface area (Å²) in [5, 5.41) is 0. The third-order valence-electron chi connectivity index (χ3n) is 0. The van der Waals surface area contributed by atoms with Gasteiger partial charge in [0.25, 0.3) is 0 Å². The molecule has 0 amide bonds. The third kappa shape index (κ3) is 16700. The van der Waals surface area contributed by atoms with E-state index in [9.17, 15) is 0 Å². The Labute approximate surface area is 115 Å². The maximum Gasteiger partial charge on any atom is 0.394 e. The van der Waals surface area contributed by atoms with Gasteiger partial charge in [-0.15, -0.1) is 0 Å². The Hall–Kier alpha value is 0.453. The summed E-state index contributed by atoms with van der Waals surface area (Å²) < 4.78 is 99.7. The van der Waals surface area contributed by atoms with E-state index >= 15 is 0 Å². The van der Waals surface area contributed by atoms with Crippen LogP contribution >= 0.6 is 0 Å². The average molecular weight is 399 g/mol. The summed E-state index contributed by atoms with van der Waals surface area (Å²) in [6.45, 7) is 0. The monoisotopic (exact) mass is 398 g/mol. The molecule has 0 spiro atoms. The molecule has 0 rings (SSSR count). The Balaban J connectivity index is -0.0000000400. The van der Waals surface area contributed by atoms with Gasteiger partial charge in [0.1, 0.15) is 0 Å². The summed E-state index contributed by atoms with van der Waals surface area (Å²) in [6, 6.07) is 0. The van der Waals surface area contributed by atoms with Crippen LogP contribution in [0.25, 0.3) is 0 Å². The van der Waals surface area contributed by atoms with Gasteiger partial charge in [0.15, 0.2) is 0 Å². The van der Waals surface area contributed by atoms with Crippen molar-refractivity contribution >= 4 is 31.2 Å². The minimum absolute atomic E-state index is 0. The molecule has 0 aromatic carbocycles. The smallest absolute Gasteiger partial charge is 0.394 e. The molecule has 0 heterocycles. The zero-order chi connectivity index (χ0) is 13.5. The predicted molar refractivity (Wildman–Crippen MR) is 38.7 cm³/mol. The molecule has 108 valence electrons. The molecule has 0 atom stereocenters. The molecule has 0 aliphatic rings. The Bertz CT molecular complexity index is 338. The van der Waals surface area contributed by atoms with Crippen LogP contribution in [-0.2, 0) is 57.4 Å². The number of hydrogen-bond donors (Lipinski definition) is 2. The third-order valence-corrected chi connectivity index (χ3v) is 0. The van der Waals surface area contributed by atoms with E-state index in [1.165, 1.54) is 0 Å². The number of hydrogen-bond acceptors (Lipinski definition) is 10. The van der Waals surface area contributed by atoms with Gasteiger partial charge in [-0.1, -0.05) is 0 Å². The van der Waals surface area contributed by atoms with Crippen molar-refractivity contribution in [1.82, 2.24) is 0 Å². The van der Waals surface area contributed by atoms with Crippen molar-refractivity contribution in [3.05, 3.63) is 0 Å². The molecule has 0 radical (unpaired) electrons. The maximum atomic E-state index is 8.74. The van der Waals surface area contributed by atoms with Gasteiger partial charge in [0, 0.05) is 47.0 Å². The van der Waals surface area contributed by atoms with Gasteiger partial charge in [-0.05, 0) is 0 Å². The molecule has 4 N–H and O–H groups in total. The normalized spacial score (nSPS) is 10.2. The molecule has 0 saturated carbocycles. The molecule has 13 nitrogen and oxygen atoms in total. The topological polar surface area (TPSA) is 267 Å². The first-order valence-corrected chi connectivity index (χ1v) is 6.10. The fourth-order valence-electron chi connectivity index (χ4n) is 0. The standard InChI is InChI=1S/3H2O4S.H2O.Zr/c3*1-5(2,3)4;;/h3*(H2,1,2,3,4);1H2;/p-4. The Morgan fingerprint density at radius 1 is 0.647 bits per heavy atom. The van der Waals surface area contributed by atoms with Gasteiger partial charge in [0.2, 0.25) is 0 Å². The first-order chi connectivity index (χ1) is 6.00. The molecule has 0 aliphatic heterocycles. The summed E-state index contributed by atoms with van der Waals surface area (Å²) in [4.78, 5) is 0. The Kier molecular flexibility index (Phi) is 20.7. The summed E-state index contributed by atoms with van der Waals surface area (Å²) in [5.41, 5.74) is 0. The van der Waals surface area contributed by atoms with Crippen molar-refractivity contribution in [2.45, 2.75) is 0 Å². The van der Waals surface area contributed by atoms with E-state index in [1.807, 2.05) is 0 Å². The van der Waals surface area contributed by atoms with E-state index in [0.29, 0.717) is 0 Å². The second-order valence-electron chi connectivity index (χ2n) is 1.26. The SMILES string of the molecule is O.O=S(=O)(O)O.O=S(=O)([O-])[O-].O=S(=O)([O-])[O-].[Zr]. The first kappa shape index (κ1) is 30.5. The van der Waals surface area contributed by atoms with Gasteiger partial charge in [-0.3, -0.25) is 25.9 Å². The van der Waals surface area contributed by atoms with Crippen LogP contribution in [0.5, 0.6) is 0 Å². The van der Waals surface area contributed by atoms with Gasteiger partial charge in [-0.2, -0.15) is 8.42 Å². The van der Waals surface area contributed by atoms with Crippen LogP contribution in [0, 0.1) is 0 Å². The molecule has 0 aromatic rings. The van der Waals surface area contributed by atoms with E-state index in [0.717, 1.165) is 0 Å². The predicted octanol–water partition coefficient (Wildman–Crippen LogP) is -4.16. The minimum Gasteiger partial charge on any atom is -0.759 e. The van der Waals surface area contributed by atoms with Crippen molar-refractivity contribution in [1.29, 1.82) is 0 Å². The maximum absolute atomic E-state index is 8.74. The summed E-state index contributed by atoms with van der Waals surface area (Å²) in [5.74, 6) is 0. The molecule has 17 heavy (non-hydrogen) atoms. The Morgan fingerprint density at radius 2 is 0.647 bits per heavy atom. The molecular formula is H4O13S3Zr-4. The van der Waals surface area contributed by atoms with Crippen LogP contribution in [0.4, 0.5) is 0 Å². The van der Waals surface area contributed by atoms with Crippen LogP contribution in [0.2, 0.25) is 0 Å². The average Bonchev–Trinajstić information content (AvgIpc) is 1.41. The van der Waals surface area contributed by atoms with Crippen LogP contribution in [0.1, 0.15) is 0 Å². The molecule has 0 unspecified atom stereocenters. The molecule has 0 aromatic heterocycles. The molecule has 0 aliphatic carbocycles. The van der Waals surface area contributed by atoms with E-state index in [4.69, 9.17) is 52.6 Å². The fourth-order valence-corrected chi connectivity index (χ4v) is 0. The zero-order valence-electron chi connectivity index (χ0n) is 7.20. The molecule has 0 bridgehead atoms. The molecule has 0 fully saturated rings. The van der Waals surface area contributed by atoms with Gasteiger partial charge in [0.05, 0.1) is 0 Å². The van der Waals surface area contributed by atoms with Crippen molar-refractivity contribution in [2.75, 3.05) is 0 Å². The van der Waals surface area contributed by atoms with Crippen LogP contribution < -0.4 is 0 Å². The van der Waals surface area contributed by atoms with Crippen molar-refractivity contribution in [2.24, 2.45) is 0 Å². The quantitative estimate of drug-likeness (QED) is 0.290. The molecule has 17 heteroatoms. The Morgan fingerprint density at radius 3 is 0.647 bits per heavy atom. The largest absolute Gasteiger partial charge is 0.759 e. The van der Waals surface area contributed by atoms with E-state index in [-0.39, 0.29) is 31.7 Å². The van der Waals surface area contributed by atoms with Crippen LogP contribution in [0.3, 0.4) is 0 Å².